The number of hydrogen-bond donors (Lipinski definition) is 4. The molecule has 0 fully saturated rings. The summed E-state index contributed by atoms with van der Waals surface area (Å²) < 4.78 is 0. The van der Waals surface area contributed by atoms with Crippen LogP contribution in [0.15, 0.2) is 54.7 Å². The second kappa shape index (κ2) is 7.32. The van der Waals surface area contributed by atoms with Gasteiger partial charge in [-0.05, 0) is 41.1 Å². The lowest BCUT2D eigenvalue weighted by Crippen LogP contribution is -2.39. The number of carbonyl (C=O) groups excluding carboxylic acids is 1. The van der Waals surface area contributed by atoms with Gasteiger partial charge in [0.15, 0.2) is 5.69 Å². The fourth-order valence-corrected chi connectivity index (χ4v) is 3.58. The summed E-state index contributed by atoms with van der Waals surface area (Å²) in [4.78, 5) is 20.9. The summed E-state index contributed by atoms with van der Waals surface area (Å²) >= 11 is 0. The van der Waals surface area contributed by atoms with Gasteiger partial charge in [0.05, 0.1) is 11.6 Å². The lowest BCUT2D eigenvalue weighted by atomic mass is 10.0. The molecule has 0 saturated heterocycles. The minimum atomic E-state index is -0.223. The van der Waals surface area contributed by atoms with Crippen molar-refractivity contribution < 1.29 is 4.79 Å². The molecule has 0 radical (unpaired) electrons. The Morgan fingerprint density at radius 1 is 1.13 bits per heavy atom. The number of rotatable bonds is 4. The van der Waals surface area contributed by atoms with Gasteiger partial charge in [0.2, 0.25) is 5.95 Å². The van der Waals surface area contributed by atoms with E-state index in [2.05, 4.69) is 49.0 Å². The maximum absolute atomic E-state index is 12.9. The number of nitrogen functional groups attached to an aromatic ring is 1. The van der Waals surface area contributed by atoms with Gasteiger partial charge in [-0.3, -0.25) is 9.89 Å². The fraction of sp³-hybridized carbons (Fsp3) is 0.0909. The Kier molecular flexibility index (Phi) is 4.36. The van der Waals surface area contributed by atoms with Crippen molar-refractivity contribution in [1.82, 2.24) is 25.5 Å². The maximum Gasteiger partial charge on any atom is 0.272 e. The summed E-state index contributed by atoms with van der Waals surface area (Å²) in [7, 11) is 0. The third kappa shape index (κ3) is 3.46. The quantitative estimate of drug-likeness (QED) is 0.413. The molecule has 148 valence electrons. The van der Waals surface area contributed by atoms with Crippen LogP contribution in [-0.4, -0.2) is 32.1 Å². The number of nitrogens with one attached hydrogen (secondary N) is 3. The molecule has 1 atom stereocenters. The van der Waals surface area contributed by atoms with Gasteiger partial charge in [-0.1, -0.05) is 36.4 Å². The van der Waals surface area contributed by atoms with Crippen LogP contribution in [0.25, 0.3) is 23.1 Å². The average Bonchev–Trinajstić information content (AvgIpc) is 3.17. The zero-order valence-electron chi connectivity index (χ0n) is 16.0. The van der Waals surface area contributed by atoms with Gasteiger partial charge >= 0.3 is 0 Å². The third-order valence-electron chi connectivity index (χ3n) is 5.01. The van der Waals surface area contributed by atoms with Crippen LogP contribution in [0.3, 0.4) is 0 Å². The molecule has 0 bridgehead atoms. The molecule has 5 N–H and O–H groups in total. The molecule has 8 nitrogen and oxygen atoms in total. The Labute approximate surface area is 171 Å². The Morgan fingerprint density at radius 2 is 2.00 bits per heavy atom. The van der Waals surface area contributed by atoms with Crippen molar-refractivity contribution >= 4 is 46.4 Å². The summed E-state index contributed by atoms with van der Waals surface area (Å²) in [6.07, 6.45) is 6.54. The van der Waals surface area contributed by atoms with Gasteiger partial charge < -0.3 is 16.4 Å². The molecule has 0 aliphatic heterocycles. The number of aromatic amines is 1. The second-order valence-electron chi connectivity index (χ2n) is 7.07. The van der Waals surface area contributed by atoms with Gasteiger partial charge in [0, 0.05) is 17.3 Å². The van der Waals surface area contributed by atoms with Gasteiger partial charge in [-0.15, -0.1) is 0 Å². The number of nitrogens with zero attached hydrogens (tertiary/aromatic N) is 3. The minimum Gasteiger partial charge on any atom is -0.368 e. The van der Waals surface area contributed by atoms with Crippen LogP contribution in [0, 0.1) is 0 Å². The molecule has 1 aliphatic rings. The van der Waals surface area contributed by atoms with Gasteiger partial charge in [0.25, 0.3) is 5.91 Å². The minimum absolute atomic E-state index is 0.0792. The molecular weight excluding hydrogens is 378 g/mol. The summed E-state index contributed by atoms with van der Waals surface area (Å²) in [5, 5.41) is 16.4. The van der Waals surface area contributed by atoms with Crippen molar-refractivity contribution in [2.24, 2.45) is 0 Å². The average molecular weight is 397 g/mol. The Hall–Kier alpha value is -4.20. The number of nitrogens with two attached hydrogens (primary N) is 1. The number of anilines is 3. The van der Waals surface area contributed by atoms with Crippen molar-refractivity contribution in [3.05, 3.63) is 70.9 Å². The van der Waals surface area contributed by atoms with Gasteiger partial charge in [-0.2, -0.15) is 10.1 Å². The van der Waals surface area contributed by atoms with Crippen LogP contribution in [0.4, 0.5) is 17.5 Å². The van der Waals surface area contributed by atoms with Crippen LogP contribution >= 0.6 is 0 Å². The lowest BCUT2D eigenvalue weighted by molar-refractivity contribution is 0.0943. The highest BCUT2D eigenvalue weighted by molar-refractivity contribution is 6.05. The number of amides is 1. The van der Waals surface area contributed by atoms with E-state index < -0.39 is 0 Å². The summed E-state index contributed by atoms with van der Waals surface area (Å²) in [6.45, 7) is 0. The molecule has 0 spiro atoms. The van der Waals surface area contributed by atoms with Gasteiger partial charge in [0.1, 0.15) is 5.82 Å². The molecule has 8 heteroatoms. The fourth-order valence-electron chi connectivity index (χ4n) is 3.58. The normalized spacial score (nSPS) is 15.0. The molecule has 30 heavy (non-hydrogen) atoms. The van der Waals surface area contributed by atoms with Gasteiger partial charge in [-0.25, -0.2) is 4.98 Å². The third-order valence-corrected chi connectivity index (χ3v) is 5.01. The molecule has 2 aromatic heterocycles. The molecule has 0 saturated carbocycles. The van der Waals surface area contributed by atoms with E-state index in [0.717, 1.165) is 28.2 Å². The van der Waals surface area contributed by atoms with Crippen molar-refractivity contribution in [1.29, 1.82) is 0 Å². The van der Waals surface area contributed by atoms with E-state index in [0.29, 0.717) is 11.5 Å². The van der Waals surface area contributed by atoms with Crippen LogP contribution in [0.2, 0.25) is 0 Å². The first-order valence-corrected chi connectivity index (χ1v) is 9.57. The number of benzene rings is 2. The van der Waals surface area contributed by atoms with E-state index in [-0.39, 0.29) is 17.9 Å². The number of fused-ring (bicyclic) bond motifs is 2. The standard InChI is InChI=1S/C22H19N7O/c23-22-24-10-9-19(27-22)25-16-7-8-18-17(12-16)20(29-28-18)21(30)26-15-6-5-13-3-1-2-4-14(13)11-15/h1-5,7-12,15H,6H2,(H,26,30)(H,28,29)(H3,23,24,25,27)/t15-/m1/s1. The van der Waals surface area contributed by atoms with E-state index in [1.54, 1.807) is 12.3 Å². The number of carbonyl (C=O) groups is 1. The number of hydrogen-bond acceptors (Lipinski definition) is 6. The number of aromatic nitrogens is 4. The van der Waals surface area contributed by atoms with Crippen molar-refractivity contribution in [2.45, 2.75) is 12.5 Å². The van der Waals surface area contributed by atoms with Crippen molar-refractivity contribution in [3.8, 4) is 0 Å². The lowest BCUT2D eigenvalue weighted by Gasteiger charge is -2.15. The first-order chi connectivity index (χ1) is 14.7. The smallest absolute Gasteiger partial charge is 0.272 e. The molecule has 0 unspecified atom stereocenters. The highest BCUT2D eigenvalue weighted by Crippen LogP contribution is 2.23. The van der Waals surface area contributed by atoms with E-state index in [4.69, 9.17) is 5.73 Å². The zero-order valence-corrected chi connectivity index (χ0v) is 16.0. The van der Waals surface area contributed by atoms with Crippen LogP contribution in [-0.2, 0) is 0 Å². The van der Waals surface area contributed by atoms with Crippen molar-refractivity contribution in [2.75, 3.05) is 11.1 Å². The topological polar surface area (TPSA) is 122 Å². The molecular formula is C22H19N7O. The Bertz CT molecular complexity index is 1380. The first-order valence-electron chi connectivity index (χ1n) is 9.57. The molecule has 5 rings (SSSR count). The van der Waals surface area contributed by atoms with E-state index in [1.165, 1.54) is 5.22 Å². The highest BCUT2D eigenvalue weighted by Gasteiger charge is 2.18. The summed E-state index contributed by atoms with van der Waals surface area (Å²) in [5.74, 6) is 0.535. The first kappa shape index (κ1) is 17.9. The van der Waals surface area contributed by atoms with Crippen molar-refractivity contribution in [3.63, 3.8) is 0 Å². The molecule has 1 amide bonds. The monoisotopic (exact) mass is 397 g/mol. The number of H-pyrrole nitrogens is 1. The molecule has 1 aliphatic carbocycles. The van der Waals surface area contributed by atoms with Crippen LogP contribution in [0.1, 0.15) is 16.9 Å². The molecule has 2 aromatic carbocycles. The largest absolute Gasteiger partial charge is 0.368 e. The van der Waals surface area contributed by atoms with E-state index in [9.17, 15) is 4.79 Å². The SMILES string of the molecule is Nc1nccc(Nc2ccc3[nH]nc(C(=O)N[C@H]4C=c5ccccc5=CC4)c3c2)n1. The molecule has 4 aromatic rings. The van der Waals surface area contributed by atoms with Crippen LogP contribution in [0.5, 0.6) is 0 Å². The zero-order chi connectivity index (χ0) is 20.5. The highest BCUT2D eigenvalue weighted by atomic mass is 16.2. The van der Waals surface area contributed by atoms with Crippen LogP contribution < -0.4 is 26.8 Å². The molecule has 2 heterocycles. The maximum atomic E-state index is 12.9. The second-order valence-corrected chi connectivity index (χ2v) is 7.07. The summed E-state index contributed by atoms with van der Waals surface area (Å²) in [6, 6.07) is 15.4. The Balaban J connectivity index is 1.40. The summed E-state index contributed by atoms with van der Waals surface area (Å²) in [5.41, 5.74) is 7.52. The van der Waals surface area contributed by atoms with E-state index in [1.807, 2.05) is 36.4 Å². The Morgan fingerprint density at radius 3 is 2.87 bits per heavy atom. The predicted molar refractivity (Wildman–Crippen MR) is 116 cm³/mol. The van der Waals surface area contributed by atoms with E-state index >= 15 is 0 Å². The predicted octanol–water partition coefficient (Wildman–Crippen LogP) is 1.44.